The number of nitrogens with one attached hydrogen (secondary N) is 1. The van der Waals surface area contributed by atoms with Gasteiger partial charge in [0.05, 0.1) is 21.3 Å². The minimum atomic E-state index is 0.179. The first kappa shape index (κ1) is 17.6. The summed E-state index contributed by atoms with van der Waals surface area (Å²) in [7, 11) is 4.86. The molecule has 0 spiro atoms. The maximum Gasteiger partial charge on any atom is 0.164 e. The summed E-state index contributed by atoms with van der Waals surface area (Å²) < 4.78 is 16.0. The fraction of sp³-hybridized carbons (Fsp3) is 0.625. The summed E-state index contributed by atoms with van der Waals surface area (Å²) >= 11 is 0. The molecule has 0 aliphatic heterocycles. The first-order valence-electron chi connectivity index (χ1n) is 7.20. The molecule has 1 aromatic rings. The smallest absolute Gasteiger partial charge is 0.164 e. The third-order valence-corrected chi connectivity index (χ3v) is 3.59. The molecule has 0 amide bonds. The van der Waals surface area contributed by atoms with Crippen LogP contribution in [0.15, 0.2) is 12.1 Å². The van der Waals surface area contributed by atoms with E-state index in [1.807, 2.05) is 12.1 Å². The Morgan fingerprint density at radius 1 is 1.00 bits per heavy atom. The van der Waals surface area contributed by atoms with Crippen LogP contribution in [0.2, 0.25) is 0 Å². The Kier molecular flexibility index (Phi) is 7.32. The summed E-state index contributed by atoms with van der Waals surface area (Å²) in [5, 5.41) is 12.6. The van der Waals surface area contributed by atoms with E-state index < -0.39 is 0 Å². The van der Waals surface area contributed by atoms with Crippen molar-refractivity contribution in [3.63, 3.8) is 0 Å². The highest BCUT2D eigenvalue weighted by molar-refractivity contribution is 5.50. The zero-order valence-electron chi connectivity index (χ0n) is 13.6. The monoisotopic (exact) mass is 297 g/mol. The zero-order chi connectivity index (χ0) is 15.8. The first-order chi connectivity index (χ1) is 10.1. The van der Waals surface area contributed by atoms with Gasteiger partial charge in [0.1, 0.15) is 5.75 Å². The minimum Gasteiger partial charge on any atom is -0.496 e. The van der Waals surface area contributed by atoms with Gasteiger partial charge in [0, 0.05) is 30.8 Å². The molecule has 0 heterocycles. The van der Waals surface area contributed by atoms with Crippen LogP contribution in [0.1, 0.15) is 25.8 Å². The molecule has 0 saturated heterocycles. The fourth-order valence-electron chi connectivity index (χ4n) is 2.28. The second kappa shape index (κ2) is 8.74. The number of aliphatic hydroxyl groups excluding tert-OH is 1. The summed E-state index contributed by atoms with van der Waals surface area (Å²) in [5.74, 6) is 2.53. The van der Waals surface area contributed by atoms with Crippen molar-refractivity contribution in [2.45, 2.75) is 32.9 Å². The zero-order valence-corrected chi connectivity index (χ0v) is 13.6. The van der Waals surface area contributed by atoms with Crippen molar-refractivity contribution in [2.75, 3.05) is 27.9 Å². The molecule has 0 saturated carbocycles. The normalized spacial score (nSPS) is 12.3. The van der Waals surface area contributed by atoms with E-state index in [4.69, 9.17) is 19.3 Å². The maximum absolute atomic E-state index is 9.13. The molecule has 5 nitrogen and oxygen atoms in total. The van der Waals surface area contributed by atoms with Crippen LogP contribution in [0.5, 0.6) is 17.2 Å². The van der Waals surface area contributed by atoms with Gasteiger partial charge in [-0.05, 0) is 18.4 Å². The topological polar surface area (TPSA) is 60.0 Å². The summed E-state index contributed by atoms with van der Waals surface area (Å²) in [6.45, 7) is 5.10. The average molecular weight is 297 g/mol. The Morgan fingerprint density at radius 2 is 1.57 bits per heavy atom. The fourth-order valence-corrected chi connectivity index (χ4v) is 2.28. The third kappa shape index (κ3) is 4.79. The van der Waals surface area contributed by atoms with Gasteiger partial charge in [0.15, 0.2) is 11.5 Å². The summed E-state index contributed by atoms with van der Waals surface area (Å²) in [6.07, 6.45) is 0.729. The van der Waals surface area contributed by atoms with E-state index in [1.165, 1.54) is 0 Å². The number of ether oxygens (including phenoxy) is 3. The van der Waals surface area contributed by atoms with Crippen molar-refractivity contribution < 1.29 is 19.3 Å². The molecule has 0 radical (unpaired) electrons. The molecule has 1 rings (SSSR count). The molecule has 0 aliphatic carbocycles. The quantitative estimate of drug-likeness (QED) is 0.732. The third-order valence-electron chi connectivity index (χ3n) is 3.59. The Morgan fingerprint density at radius 3 is 2.05 bits per heavy atom. The molecular formula is C16H27NO4. The van der Waals surface area contributed by atoms with Gasteiger partial charge in [-0.1, -0.05) is 13.8 Å². The lowest BCUT2D eigenvalue weighted by Gasteiger charge is -2.22. The molecule has 1 atom stereocenters. The number of hydrogen-bond donors (Lipinski definition) is 2. The Hall–Kier alpha value is -1.46. The Labute approximate surface area is 127 Å². The first-order valence-corrected chi connectivity index (χ1v) is 7.20. The van der Waals surface area contributed by atoms with Gasteiger partial charge in [0.25, 0.3) is 0 Å². The largest absolute Gasteiger partial charge is 0.496 e. The van der Waals surface area contributed by atoms with Crippen LogP contribution in [-0.4, -0.2) is 39.1 Å². The van der Waals surface area contributed by atoms with Gasteiger partial charge in [-0.3, -0.25) is 0 Å². The van der Waals surface area contributed by atoms with Gasteiger partial charge in [0.2, 0.25) is 0 Å². The van der Waals surface area contributed by atoms with Crippen LogP contribution < -0.4 is 19.5 Å². The van der Waals surface area contributed by atoms with E-state index in [0.717, 1.165) is 17.7 Å². The van der Waals surface area contributed by atoms with Gasteiger partial charge >= 0.3 is 0 Å². The highest BCUT2D eigenvalue weighted by Gasteiger charge is 2.15. The molecule has 1 unspecified atom stereocenters. The van der Waals surface area contributed by atoms with E-state index in [-0.39, 0.29) is 12.6 Å². The summed E-state index contributed by atoms with van der Waals surface area (Å²) in [5.41, 5.74) is 0.999. The summed E-state index contributed by atoms with van der Waals surface area (Å²) in [4.78, 5) is 0. The molecule has 0 aliphatic rings. The molecule has 1 aromatic carbocycles. The standard InChI is InChI=1S/C16H27NO4/c1-11(2)13(6-7-18)17-10-12-8-15(20-4)16(21-5)9-14(12)19-3/h8-9,11,13,17-18H,6-7,10H2,1-5H3. The molecule has 0 bridgehead atoms. The number of rotatable bonds is 9. The molecule has 2 N–H and O–H groups in total. The van der Waals surface area contributed by atoms with E-state index in [2.05, 4.69) is 19.2 Å². The van der Waals surface area contributed by atoms with Crippen LogP contribution >= 0.6 is 0 Å². The predicted octanol–water partition coefficient (Wildman–Crippen LogP) is 2.21. The SMILES string of the molecule is COc1cc(OC)c(OC)cc1CNC(CCO)C(C)C. The van der Waals surface area contributed by atoms with Crippen LogP contribution in [0.3, 0.4) is 0 Å². The van der Waals surface area contributed by atoms with Crippen LogP contribution in [0.25, 0.3) is 0 Å². The lowest BCUT2D eigenvalue weighted by atomic mass is 10.0. The van der Waals surface area contributed by atoms with E-state index in [1.54, 1.807) is 21.3 Å². The molecule has 120 valence electrons. The van der Waals surface area contributed by atoms with Gasteiger partial charge in [-0.2, -0.15) is 0 Å². The Balaban J connectivity index is 2.90. The average Bonchev–Trinajstić information content (AvgIpc) is 2.50. The molecule has 0 aromatic heterocycles. The van der Waals surface area contributed by atoms with E-state index >= 15 is 0 Å². The summed E-state index contributed by atoms with van der Waals surface area (Å²) in [6, 6.07) is 4.00. The second-order valence-electron chi connectivity index (χ2n) is 5.26. The van der Waals surface area contributed by atoms with Crippen LogP contribution in [0, 0.1) is 5.92 Å². The number of aliphatic hydroxyl groups is 1. The van der Waals surface area contributed by atoms with Crippen LogP contribution in [0.4, 0.5) is 0 Å². The van der Waals surface area contributed by atoms with Gasteiger partial charge in [-0.15, -0.1) is 0 Å². The lowest BCUT2D eigenvalue weighted by molar-refractivity contribution is 0.243. The lowest BCUT2D eigenvalue weighted by Crippen LogP contribution is -2.34. The minimum absolute atomic E-state index is 0.179. The van der Waals surface area contributed by atoms with Crippen molar-refractivity contribution in [2.24, 2.45) is 5.92 Å². The van der Waals surface area contributed by atoms with Crippen molar-refractivity contribution in [1.82, 2.24) is 5.32 Å². The highest BCUT2D eigenvalue weighted by atomic mass is 16.5. The Bertz CT molecular complexity index is 435. The second-order valence-corrected chi connectivity index (χ2v) is 5.26. The van der Waals surface area contributed by atoms with E-state index in [9.17, 15) is 0 Å². The van der Waals surface area contributed by atoms with Crippen molar-refractivity contribution in [3.05, 3.63) is 17.7 Å². The number of hydrogen-bond acceptors (Lipinski definition) is 5. The van der Waals surface area contributed by atoms with Gasteiger partial charge in [-0.25, -0.2) is 0 Å². The molecular weight excluding hydrogens is 270 g/mol. The van der Waals surface area contributed by atoms with Gasteiger partial charge < -0.3 is 24.6 Å². The number of methoxy groups -OCH3 is 3. The molecule has 5 heteroatoms. The molecule has 21 heavy (non-hydrogen) atoms. The van der Waals surface area contributed by atoms with Crippen LogP contribution in [-0.2, 0) is 6.54 Å². The highest BCUT2D eigenvalue weighted by Crippen LogP contribution is 2.34. The number of benzene rings is 1. The van der Waals surface area contributed by atoms with Crippen molar-refractivity contribution in [1.29, 1.82) is 0 Å². The van der Waals surface area contributed by atoms with E-state index in [0.29, 0.717) is 24.0 Å². The molecule has 0 fully saturated rings. The maximum atomic E-state index is 9.13. The predicted molar refractivity (Wildman–Crippen MR) is 83.3 cm³/mol. The van der Waals surface area contributed by atoms with Crippen molar-refractivity contribution in [3.8, 4) is 17.2 Å². The van der Waals surface area contributed by atoms with Crippen molar-refractivity contribution >= 4 is 0 Å².